The first-order chi connectivity index (χ1) is 7.07. The van der Waals surface area contributed by atoms with Gasteiger partial charge in [0, 0.05) is 25.0 Å². The Balaban J connectivity index is 1.60. The molecule has 0 amide bonds. The van der Waals surface area contributed by atoms with Gasteiger partial charge in [0.1, 0.15) is 0 Å². The van der Waals surface area contributed by atoms with Crippen LogP contribution in [0.5, 0.6) is 0 Å². The van der Waals surface area contributed by atoms with Gasteiger partial charge in [-0.3, -0.25) is 4.90 Å². The lowest BCUT2D eigenvalue weighted by Gasteiger charge is -2.20. The van der Waals surface area contributed by atoms with E-state index in [0.29, 0.717) is 9.88 Å². The Morgan fingerprint density at radius 3 is 2.73 bits per heavy atom. The average molecular weight is 243 g/mol. The molecular weight excluding hydrogens is 228 g/mol. The van der Waals surface area contributed by atoms with Gasteiger partial charge in [0.2, 0.25) is 0 Å². The van der Waals surface area contributed by atoms with Gasteiger partial charge in [-0.2, -0.15) is 0 Å². The van der Waals surface area contributed by atoms with Gasteiger partial charge in [0.25, 0.3) is 0 Å². The number of piperidine rings is 1. The van der Waals surface area contributed by atoms with Crippen LogP contribution in [-0.2, 0) is 6.54 Å². The van der Waals surface area contributed by atoms with E-state index in [0.717, 1.165) is 24.1 Å². The van der Waals surface area contributed by atoms with Crippen molar-refractivity contribution >= 4 is 22.9 Å². The van der Waals surface area contributed by atoms with Gasteiger partial charge in [-0.15, -0.1) is 11.3 Å². The maximum Gasteiger partial charge on any atom is 0.183 e. The molecule has 4 heteroatoms. The third kappa shape index (κ3) is 1.61. The molecule has 0 bridgehead atoms. The smallest absolute Gasteiger partial charge is 0.183 e. The second kappa shape index (κ2) is 3.19. The number of rotatable bonds is 2. The second-order valence-corrected chi connectivity index (χ2v) is 6.76. The van der Waals surface area contributed by atoms with Crippen LogP contribution in [0.25, 0.3) is 0 Å². The van der Waals surface area contributed by atoms with E-state index < -0.39 is 0 Å². The number of hydrogen-bond donors (Lipinski definition) is 0. The van der Waals surface area contributed by atoms with Crippen LogP contribution < -0.4 is 0 Å². The van der Waals surface area contributed by atoms with E-state index in [9.17, 15) is 0 Å². The molecule has 0 radical (unpaired) electrons. The monoisotopic (exact) mass is 242 g/mol. The third-order valence-corrected chi connectivity index (χ3v) is 5.13. The van der Waals surface area contributed by atoms with E-state index in [1.807, 2.05) is 0 Å². The summed E-state index contributed by atoms with van der Waals surface area (Å²) in [6.07, 6.45) is 0. The summed E-state index contributed by atoms with van der Waals surface area (Å²) < 4.78 is 0.662. The summed E-state index contributed by atoms with van der Waals surface area (Å²) in [5.41, 5.74) is 1.74. The summed E-state index contributed by atoms with van der Waals surface area (Å²) in [5, 5.41) is 2.07. The molecule has 0 aromatic carbocycles. The van der Waals surface area contributed by atoms with Crippen molar-refractivity contribution in [1.29, 1.82) is 0 Å². The standard InChI is InChI=1S/C11H15ClN2S/c1-11(2)8-4-14(5-9(8)11)3-7-6-15-10(12)13-7/h6,8-9H,3-5H2,1-2H3. The lowest BCUT2D eigenvalue weighted by Crippen LogP contribution is -2.26. The van der Waals surface area contributed by atoms with E-state index in [4.69, 9.17) is 11.6 Å². The molecule has 82 valence electrons. The number of nitrogens with zero attached hydrogens (tertiary/aromatic N) is 2. The highest BCUT2D eigenvalue weighted by molar-refractivity contribution is 7.13. The fraction of sp³-hybridized carbons (Fsp3) is 0.727. The fourth-order valence-electron chi connectivity index (χ4n) is 2.93. The normalized spacial score (nSPS) is 33.0. The van der Waals surface area contributed by atoms with Gasteiger partial charge in [-0.25, -0.2) is 4.98 Å². The molecule has 0 spiro atoms. The predicted octanol–water partition coefficient (Wildman–Crippen LogP) is 2.88. The Kier molecular flexibility index (Phi) is 2.14. The minimum atomic E-state index is 0.607. The van der Waals surface area contributed by atoms with Crippen LogP contribution in [0.3, 0.4) is 0 Å². The number of halogens is 1. The molecular formula is C11H15ClN2S. The molecule has 2 aliphatic rings. The van der Waals surface area contributed by atoms with Crippen molar-refractivity contribution in [3.63, 3.8) is 0 Å². The fourth-order valence-corrected chi connectivity index (χ4v) is 3.70. The molecule has 2 unspecified atom stereocenters. The van der Waals surface area contributed by atoms with Crippen LogP contribution in [0.4, 0.5) is 0 Å². The largest absolute Gasteiger partial charge is 0.297 e. The lowest BCUT2D eigenvalue weighted by atomic mass is 10.1. The van der Waals surface area contributed by atoms with Crippen LogP contribution >= 0.6 is 22.9 Å². The molecule has 1 aromatic rings. The molecule has 1 saturated heterocycles. The Labute approximate surface area is 99.3 Å². The molecule has 2 fully saturated rings. The van der Waals surface area contributed by atoms with Crippen molar-refractivity contribution < 1.29 is 0 Å². The quantitative estimate of drug-likeness (QED) is 0.793. The molecule has 2 atom stereocenters. The van der Waals surface area contributed by atoms with Crippen LogP contribution in [0.2, 0.25) is 4.47 Å². The van der Waals surface area contributed by atoms with Crippen molar-refractivity contribution in [3.05, 3.63) is 15.5 Å². The maximum absolute atomic E-state index is 5.82. The zero-order valence-corrected chi connectivity index (χ0v) is 10.6. The van der Waals surface area contributed by atoms with Crippen molar-refractivity contribution in [2.45, 2.75) is 20.4 Å². The van der Waals surface area contributed by atoms with E-state index in [2.05, 4.69) is 29.1 Å². The van der Waals surface area contributed by atoms with E-state index in [-0.39, 0.29) is 0 Å². The first-order valence-electron chi connectivity index (χ1n) is 5.39. The summed E-state index contributed by atoms with van der Waals surface area (Å²) in [5.74, 6) is 1.85. The van der Waals surface area contributed by atoms with Crippen molar-refractivity contribution in [2.24, 2.45) is 17.3 Å². The molecule has 1 aliphatic heterocycles. The molecule has 0 N–H and O–H groups in total. The summed E-state index contributed by atoms with van der Waals surface area (Å²) >= 11 is 7.34. The highest BCUT2D eigenvalue weighted by Gasteiger charge is 2.61. The number of likely N-dealkylation sites (tertiary alicyclic amines) is 1. The molecule has 2 heterocycles. The van der Waals surface area contributed by atoms with Crippen LogP contribution in [0.15, 0.2) is 5.38 Å². The Bertz CT molecular complexity index is 374. The highest BCUT2D eigenvalue weighted by Crippen LogP contribution is 2.62. The average Bonchev–Trinajstić information content (AvgIpc) is 2.64. The molecule has 1 aliphatic carbocycles. The minimum absolute atomic E-state index is 0.607. The SMILES string of the molecule is CC1(C)C2CN(Cc3csc(Cl)n3)CC21. The molecule has 15 heavy (non-hydrogen) atoms. The summed E-state index contributed by atoms with van der Waals surface area (Å²) in [4.78, 5) is 6.80. The number of hydrogen-bond acceptors (Lipinski definition) is 3. The van der Waals surface area contributed by atoms with Gasteiger partial charge >= 0.3 is 0 Å². The Hall–Kier alpha value is -0.120. The highest BCUT2D eigenvalue weighted by atomic mass is 35.5. The van der Waals surface area contributed by atoms with Crippen LogP contribution in [0.1, 0.15) is 19.5 Å². The molecule has 1 saturated carbocycles. The molecule has 2 nitrogen and oxygen atoms in total. The van der Waals surface area contributed by atoms with Crippen molar-refractivity contribution in [1.82, 2.24) is 9.88 Å². The van der Waals surface area contributed by atoms with Crippen molar-refractivity contribution in [2.75, 3.05) is 13.1 Å². The summed E-state index contributed by atoms with van der Waals surface area (Å²) in [6.45, 7) is 8.24. The zero-order valence-electron chi connectivity index (χ0n) is 9.03. The number of thiazole rings is 1. The predicted molar refractivity (Wildman–Crippen MR) is 63.2 cm³/mol. The summed E-state index contributed by atoms with van der Waals surface area (Å²) in [7, 11) is 0. The lowest BCUT2D eigenvalue weighted by molar-refractivity contribution is 0.249. The number of fused-ring (bicyclic) bond motifs is 1. The Morgan fingerprint density at radius 1 is 1.53 bits per heavy atom. The van der Waals surface area contributed by atoms with Gasteiger partial charge in [0.15, 0.2) is 4.47 Å². The van der Waals surface area contributed by atoms with Gasteiger partial charge in [-0.05, 0) is 17.3 Å². The van der Waals surface area contributed by atoms with Crippen LogP contribution in [-0.4, -0.2) is 23.0 Å². The maximum atomic E-state index is 5.82. The summed E-state index contributed by atoms with van der Waals surface area (Å²) in [6, 6.07) is 0. The number of aromatic nitrogens is 1. The van der Waals surface area contributed by atoms with Crippen LogP contribution in [0, 0.1) is 17.3 Å². The molecule has 1 aromatic heterocycles. The topological polar surface area (TPSA) is 16.1 Å². The van der Waals surface area contributed by atoms with Crippen molar-refractivity contribution in [3.8, 4) is 0 Å². The Morgan fingerprint density at radius 2 is 2.20 bits per heavy atom. The second-order valence-electron chi connectivity index (χ2n) is 5.32. The molecule has 3 rings (SSSR count). The van der Waals surface area contributed by atoms with Gasteiger partial charge < -0.3 is 0 Å². The minimum Gasteiger partial charge on any atom is -0.297 e. The van der Waals surface area contributed by atoms with Gasteiger partial charge in [-0.1, -0.05) is 25.4 Å². The van der Waals surface area contributed by atoms with E-state index in [1.165, 1.54) is 24.4 Å². The first kappa shape index (κ1) is 10.1. The van der Waals surface area contributed by atoms with E-state index >= 15 is 0 Å². The third-order valence-electron chi connectivity index (χ3n) is 4.11. The first-order valence-corrected chi connectivity index (χ1v) is 6.65. The van der Waals surface area contributed by atoms with E-state index in [1.54, 1.807) is 0 Å². The van der Waals surface area contributed by atoms with Gasteiger partial charge in [0.05, 0.1) is 5.69 Å². The zero-order chi connectivity index (χ0) is 10.6.